The number of benzene rings is 1. The Hall–Kier alpha value is -3.60. The molecule has 2 aliphatic rings. The SMILES string of the molecule is Cc1cc(CCC(=O)c2nc3n(c(=O)c2O)CCN(CC2CC2)CC3N(C)C(=O)C(=O)N(C)C)ccc1F. The van der Waals surface area contributed by atoms with Crippen LogP contribution in [0.1, 0.15) is 52.7 Å². The number of aromatic hydroxyl groups is 1. The van der Waals surface area contributed by atoms with Crippen LogP contribution in [-0.2, 0) is 22.6 Å². The molecule has 4 rings (SSSR count). The largest absolute Gasteiger partial charge is 0.501 e. The van der Waals surface area contributed by atoms with Crippen molar-refractivity contribution < 1.29 is 23.9 Å². The number of rotatable bonds is 7. The highest BCUT2D eigenvalue weighted by atomic mass is 19.1. The summed E-state index contributed by atoms with van der Waals surface area (Å²) in [5.74, 6) is -2.39. The molecule has 1 unspecified atom stereocenters. The Kier molecular flexibility index (Phi) is 7.96. The number of fused-ring (bicyclic) bond motifs is 1. The molecule has 2 amide bonds. The molecule has 1 saturated carbocycles. The van der Waals surface area contributed by atoms with E-state index >= 15 is 0 Å². The molecule has 0 spiro atoms. The molecular formula is C27H34FN5O5. The number of likely N-dealkylation sites (N-methyl/N-ethyl adjacent to an activating group) is 2. The van der Waals surface area contributed by atoms with Crippen molar-refractivity contribution in [2.45, 2.75) is 45.2 Å². The van der Waals surface area contributed by atoms with Crippen molar-refractivity contribution in [2.75, 3.05) is 40.8 Å². The van der Waals surface area contributed by atoms with Gasteiger partial charge in [-0.15, -0.1) is 0 Å². The van der Waals surface area contributed by atoms with Gasteiger partial charge in [0.25, 0.3) is 5.56 Å². The summed E-state index contributed by atoms with van der Waals surface area (Å²) in [6, 6.07) is 3.78. The van der Waals surface area contributed by atoms with Gasteiger partial charge >= 0.3 is 11.8 Å². The molecule has 1 aliphatic carbocycles. The predicted octanol–water partition coefficient (Wildman–Crippen LogP) is 1.53. The average Bonchev–Trinajstić information content (AvgIpc) is 3.72. The number of amides is 2. The highest BCUT2D eigenvalue weighted by molar-refractivity contribution is 6.34. The molecular weight excluding hydrogens is 493 g/mol. The van der Waals surface area contributed by atoms with E-state index in [0.717, 1.165) is 24.9 Å². The van der Waals surface area contributed by atoms with Crippen molar-refractivity contribution in [3.8, 4) is 5.75 Å². The molecule has 0 bridgehead atoms. The van der Waals surface area contributed by atoms with Gasteiger partial charge in [-0.2, -0.15) is 0 Å². The molecule has 1 aromatic carbocycles. The Morgan fingerprint density at radius 1 is 1.13 bits per heavy atom. The normalized spacial score (nSPS) is 17.4. The standard InChI is InChI=1S/C27H34FN5O5/c1-16-13-17(7-9-19(16)28)8-10-21(34)22-23(35)25(36)33-12-11-32(14-18-5-6-18)15-20(24(33)29-22)31(4)27(38)26(37)30(2)3/h7,9,13,18,20,35H,5-6,8,10-12,14-15H2,1-4H3. The van der Waals surface area contributed by atoms with Crippen molar-refractivity contribution >= 4 is 17.6 Å². The van der Waals surface area contributed by atoms with E-state index in [2.05, 4.69) is 9.88 Å². The van der Waals surface area contributed by atoms with Crippen molar-refractivity contribution in [1.82, 2.24) is 24.3 Å². The Labute approximate surface area is 220 Å². The number of Topliss-reactive ketones (excluding diaryl/α,β-unsaturated/α-hetero) is 1. The minimum absolute atomic E-state index is 0.0547. The number of carbonyl (C=O) groups excluding carboxylic acids is 3. The summed E-state index contributed by atoms with van der Waals surface area (Å²) in [5.41, 5.74) is 0.0802. The monoisotopic (exact) mass is 527 g/mol. The zero-order chi connectivity index (χ0) is 27.7. The number of halogens is 1. The summed E-state index contributed by atoms with van der Waals surface area (Å²) in [6.45, 7) is 3.48. The summed E-state index contributed by atoms with van der Waals surface area (Å²) in [7, 11) is 4.44. The number of ketones is 1. The first-order valence-corrected chi connectivity index (χ1v) is 12.8. The van der Waals surface area contributed by atoms with Gasteiger partial charge < -0.3 is 14.9 Å². The van der Waals surface area contributed by atoms with Gasteiger partial charge in [0.1, 0.15) is 17.7 Å². The van der Waals surface area contributed by atoms with E-state index in [4.69, 9.17) is 0 Å². The maximum Gasteiger partial charge on any atom is 0.312 e. The third-order valence-corrected chi connectivity index (χ3v) is 7.26. The van der Waals surface area contributed by atoms with Crippen LogP contribution in [0.25, 0.3) is 0 Å². The molecule has 204 valence electrons. The van der Waals surface area contributed by atoms with E-state index in [9.17, 15) is 28.7 Å². The molecule has 1 aromatic heterocycles. The van der Waals surface area contributed by atoms with Gasteiger partial charge in [-0.25, -0.2) is 9.37 Å². The van der Waals surface area contributed by atoms with Gasteiger partial charge in [0.15, 0.2) is 11.5 Å². The lowest BCUT2D eigenvalue weighted by atomic mass is 10.0. The first-order valence-electron chi connectivity index (χ1n) is 12.8. The first kappa shape index (κ1) is 27.4. The fraction of sp³-hybridized carbons (Fsp3) is 0.519. The van der Waals surface area contributed by atoms with E-state index in [-0.39, 0.29) is 36.7 Å². The van der Waals surface area contributed by atoms with Crippen LogP contribution in [0.4, 0.5) is 4.39 Å². The fourth-order valence-corrected chi connectivity index (χ4v) is 4.73. The molecule has 1 fully saturated rings. The van der Waals surface area contributed by atoms with Gasteiger partial charge in [-0.1, -0.05) is 12.1 Å². The van der Waals surface area contributed by atoms with Crippen LogP contribution < -0.4 is 5.56 Å². The van der Waals surface area contributed by atoms with E-state index < -0.39 is 34.9 Å². The zero-order valence-electron chi connectivity index (χ0n) is 22.2. The molecule has 2 aromatic rings. The Balaban J connectivity index is 1.68. The highest BCUT2D eigenvalue weighted by Crippen LogP contribution is 2.32. The molecule has 0 radical (unpaired) electrons. The van der Waals surface area contributed by atoms with Crippen LogP contribution in [0.3, 0.4) is 0 Å². The lowest BCUT2D eigenvalue weighted by Crippen LogP contribution is -2.46. The summed E-state index contributed by atoms with van der Waals surface area (Å²) < 4.78 is 14.9. The van der Waals surface area contributed by atoms with Gasteiger partial charge in [0, 0.05) is 53.7 Å². The molecule has 10 nitrogen and oxygen atoms in total. The number of hydrogen-bond acceptors (Lipinski definition) is 7. The molecule has 1 N–H and O–H groups in total. The molecule has 0 saturated heterocycles. The maximum absolute atomic E-state index is 13.6. The smallest absolute Gasteiger partial charge is 0.312 e. The second-order valence-corrected chi connectivity index (χ2v) is 10.5. The van der Waals surface area contributed by atoms with Crippen LogP contribution in [-0.4, -0.2) is 87.7 Å². The van der Waals surface area contributed by atoms with Gasteiger partial charge in [-0.05, 0) is 49.3 Å². The van der Waals surface area contributed by atoms with Crippen molar-refractivity contribution in [1.29, 1.82) is 0 Å². The summed E-state index contributed by atoms with van der Waals surface area (Å²) >= 11 is 0. The Morgan fingerprint density at radius 2 is 1.84 bits per heavy atom. The van der Waals surface area contributed by atoms with E-state index in [1.54, 1.807) is 19.1 Å². The van der Waals surface area contributed by atoms with Crippen LogP contribution >= 0.6 is 0 Å². The quantitative estimate of drug-likeness (QED) is 0.429. The zero-order valence-corrected chi connectivity index (χ0v) is 22.2. The van der Waals surface area contributed by atoms with E-state index in [1.165, 1.54) is 41.6 Å². The van der Waals surface area contributed by atoms with Crippen molar-refractivity contribution in [2.24, 2.45) is 5.92 Å². The van der Waals surface area contributed by atoms with Crippen LogP contribution in [0.2, 0.25) is 0 Å². The number of aromatic nitrogens is 2. The van der Waals surface area contributed by atoms with E-state index in [1.807, 2.05) is 0 Å². The molecule has 38 heavy (non-hydrogen) atoms. The van der Waals surface area contributed by atoms with Gasteiger partial charge in [0.05, 0.1) is 0 Å². The van der Waals surface area contributed by atoms with Gasteiger partial charge in [-0.3, -0.25) is 28.6 Å². The summed E-state index contributed by atoms with van der Waals surface area (Å²) in [4.78, 5) is 60.9. The minimum Gasteiger partial charge on any atom is -0.501 e. The second kappa shape index (κ2) is 11.0. The van der Waals surface area contributed by atoms with Crippen molar-refractivity contribution in [3.05, 3.63) is 57.0 Å². The fourth-order valence-electron chi connectivity index (χ4n) is 4.73. The molecule has 1 aliphatic heterocycles. The summed E-state index contributed by atoms with van der Waals surface area (Å²) in [6.07, 6.45) is 2.45. The number of aryl methyl sites for hydroxylation is 2. The predicted molar refractivity (Wildman–Crippen MR) is 137 cm³/mol. The Morgan fingerprint density at radius 3 is 2.47 bits per heavy atom. The number of nitrogens with zero attached hydrogens (tertiary/aromatic N) is 5. The average molecular weight is 528 g/mol. The highest BCUT2D eigenvalue weighted by Gasteiger charge is 2.37. The summed E-state index contributed by atoms with van der Waals surface area (Å²) in [5, 5.41) is 10.7. The molecule has 1 atom stereocenters. The first-order chi connectivity index (χ1) is 18.0. The topological polar surface area (TPSA) is 116 Å². The molecule has 11 heteroatoms. The van der Waals surface area contributed by atoms with Crippen LogP contribution in [0.5, 0.6) is 5.75 Å². The Bertz CT molecular complexity index is 1320. The third kappa shape index (κ3) is 5.77. The number of carbonyl (C=O) groups is 3. The number of hydrogen-bond donors (Lipinski definition) is 1. The van der Waals surface area contributed by atoms with Gasteiger partial charge in [0.2, 0.25) is 5.75 Å². The van der Waals surface area contributed by atoms with Crippen LogP contribution in [0.15, 0.2) is 23.0 Å². The van der Waals surface area contributed by atoms with E-state index in [0.29, 0.717) is 24.6 Å². The lowest BCUT2D eigenvalue weighted by Gasteiger charge is -2.31. The second-order valence-electron chi connectivity index (χ2n) is 10.5. The minimum atomic E-state index is -0.785. The lowest BCUT2D eigenvalue weighted by molar-refractivity contribution is -0.151. The maximum atomic E-state index is 13.6. The third-order valence-electron chi connectivity index (χ3n) is 7.26. The van der Waals surface area contributed by atoms with Crippen molar-refractivity contribution in [3.63, 3.8) is 0 Å². The molecule has 2 heterocycles. The van der Waals surface area contributed by atoms with Crippen LogP contribution in [0, 0.1) is 18.7 Å².